The largest absolute Gasteiger partial charge is 0.390 e. The molecule has 1 aliphatic rings. The minimum atomic E-state index is -0.489. The summed E-state index contributed by atoms with van der Waals surface area (Å²) in [6, 6.07) is 0. The molecule has 0 bridgehead atoms. The van der Waals surface area contributed by atoms with Gasteiger partial charge in [-0.25, -0.2) is 0 Å². The molecule has 0 heterocycles. The van der Waals surface area contributed by atoms with E-state index in [4.69, 9.17) is 0 Å². The predicted octanol–water partition coefficient (Wildman–Crippen LogP) is 3.84. The van der Waals surface area contributed by atoms with Crippen LogP contribution in [0.4, 0.5) is 0 Å². The summed E-state index contributed by atoms with van der Waals surface area (Å²) >= 11 is 0. The van der Waals surface area contributed by atoms with Gasteiger partial charge in [0.25, 0.3) is 0 Å². The van der Waals surface area contributed by atoms with Crippen LogP contribution in [0.15, 0.2) is 23.8 Å². The Hall–Kier alpha value is -0.560. The summed E-state index contributed by atoms with van der Waals surface area (Å²) in [6.45, 7) is 6.21. The molecule has 0 aromatic rings. The van der Waals surface area contributed by atoms with Crippen LogP contribution >= 0.6 is 0 Å². The molecule has 0 spiro atoms. The summed E-state index contributed by atoms with van der Waals surface area (Å²) in [5, 5.41) is 10.4. The molecular weight excluding hydrogens is 184 g/mol. The lowest BCUT2D eigenvalue weighted by Gasteiger charge is -2.33. The summed E-state index contributed by atoms with van der Waals surface area (Å²) in [5.41, 5.74) is 0.853. The Labute approximate surface area is 93.9 Å². The number of rotatable bonds is 4. The van der Waals surface area contributed by atoms with Crippen molar-refractivity contribution in [3.05, 3.63) is 23.8 Å². The highest BCUT2D eigenvalue weighted by Gasteiger charge is 2.30. The second kappa shape index (κ2) is 5.50. The van der Waals surface area contributed by atoms with Crippen molar-refractivity contribution in [3.8, 4) is 0 Å². The van der Waals surface area contributed by atoms with Gasteiger partial charge in [-0.05, 0) is 58.8 Å². The molecule has 1 N–H and O–H groups in total. The number of allylic oxidation sites excluding steroid dienone is 4. The van der Waals surface area contributed by atoms with Crippen molar-refractivity contribution in [3.63, 3.8) is 0 Å². The fourth-order valence-corrected chi connectivity index (χ4v) is 2.22. The summed E-state index contributed by atoms with van der Waals surface area (Å²) in [6.07, 6.45) is 11.8. The highest BCUT2D eigenvalue weighted by atomic mass is 16.3. The van der Waals surface area contributed by atoms with Crippen LogP contribution in [-0.2, 0) is 0 Å². The van der Waals surface area contributed by atoms with Gasteiger partial charge < -0.3 is 5.11 Å². The van der Waals surface area contributed by atoms with E-state index in [-0.39, 0.29) is 0 Å². The lowest BCUT2D eigenvalue weighted by molar-refractivity contribution is -0.0116. The van der Waals surface area contributed by atoms with Crippen LogP contribution in [0.25, 0.3) is 0 Å². The van der Waals surface area contributed by atoms with Gasteiger partial charge >= 0.3 is 0 Å². The van der Waals surface area contributed by atoms with Crippen LogP contribution in [0.1, 0.15) is 52.9 Å². The Balaban J connectivity index is 2.43. The van der Waals surface area contributed by atoms with Crippen LogP contribution in [-0.4, -0.2) is 10.7 Å². The zero-order valence-corrected chi connectivity index (χ0v) is 10.3. The van der Waals surface area contributed by atoms with Gasteiger partial charge in [0.05, 0.1) is 5.60 Å². The third-order valence-corrected chi connectivity index (χ3v) is 3.35. The molecule has 2 unspecified atom stereocenters. The second-order valence-electron chi connectivity index (χ2n) is 5.16. The fourth-order valence-electron chi connectivity index (χ4n) is 2.22. The van der Waals surface area contributed by atoms with E-state index >= 15 is 0 Å². The van der Waals surface area contributed by atoms with Gasteiger partial charge in [-0.3, -0.25) is 0 Å². The van der Waals surface area contributed by atoms with Crippen molar-refractivity contribution in [2.45, 2.75) is 58.5 Å². The number of hydrogen-bond donors (Lipinski definition) is 1. The molecule has 1 aliphatic carbocycles. The number of aliphatic hydroxyl groups is 1. The number of hydrogen-bond acceptors (Lipinski definition) is 1. The zero-order valence-electron chi connectivity index (χ0n) is 10.3. The quantitative estimate of drug-likeness (QED) is 0.696. The Morgan fingerprint density at radius 3 is 2.73 bits per heavy atom. The average Bonchev–Trinajstić information content (AvgIpc) is 2.18. The smallest absolute Gasteiger partial charge is 0.0653 e. The molecule has 1 rings (SSSR count). The van der Waals surface area contributed by atoms with E-state index < -0.39 is 5.60 Å². The third kappa shape index (κ3) is 4.21. The standard InChI is InChI=1S/C14H24O/c1-12(2)8-7-11-14(3,15)13-9-5-4-6-10-13/h4-5,8,13,15H,6-7,9-11H2,1-3H3. The molecule has 0 aliphatic heterocycles. The predicted molar refractivity (Wildman–Crippen MR) is 65.8 cm³/mol. The second-order valence-corrected chi connectivity index (χ2v) is 5.16. The molecule has 0 aromatic heterocycles. The molecule has 0 amide bonds. The summed E-state index contributed by atoms with van der Waals surface area (Å²) < 4.78 is 0. The van der Waals surface area contributed by atoms with Crippen LogP contribution in [0.3, 0.4) is 0 Å². The van der Waals surface area contributed by atoms with Crippen molar-refractivity contribution in [2.24, 2.45) is 5.92 Å². The van der Waals surface area contributed by atoms with E-state index in [1.165, 1.54) is 5.57 Å². The minimum absolute atomic E-state index is 0.452. The Bertz CT molecular complexity index is 244. The minimum Gasteiger partial charge on any atom is -0.390 e. The molecule has 15 heavy (non-hydrogen) atoms. The van der Waals surface area contributed by atoms with Crippen LogP contribution in [0, 0.1) is 5.92 Å². The summed E-state index contributed by atoms with van der Waals surface area (Å²) in [4.78, 5) is 0. The Morgan fingerprint density at radius 1 is 1.47 bits per heavy atom. The molecule has 1 nitrogen and oxygen atoms in total. The van der Waals surface area contributed by atoms with E-state index in [2.05, 4.69) is 32.1 Å². The maximum absolute atomic E-state index is 10.4. The van der Waals surface area contributed by atoms with Gasteiger partial charge in [0, 0.05) is 0 Å². The molecule has 0 fully saturated rings. The fraction of sp³-hybridized carbons (Fsp3) is 0.714. The van der Waals surface area contributed by atoms with Crippen molar-refractivity contribution in [1.82, 2.24) is 0 Å². The van der Waals surface area contributed by atoms with E-state index in [0.29, 0.717) is 5.92 Å². The molecule has 86 valence electrons. The van der Waals surface area contributed by atoms with Gasteiger partial charge in [0.15, 0.2) is 0 Å². The van der Waals surface area contributed by atoms with E-state index in [0.717, 1.165) is 32.1 Å². The third-order valence-electron chi connectivity index (χ3n) is 3.35. The van der Waals surface area contributed by atoms with Gasteiger partial charge in [-0.15, -0.1) is 0 Å². The summed E-state index contributed by atoms with van der Waals surface area (Å²) in [7, 11) is 0. The Kier molecular flexibility index (Phi) is 4.59. The first-order valence-electron chi connectivity index (χ1n) is 6.03. The monoisotopic (exact) mass is 208 g/mol. The molecule has 0 aromatic carbocycles. The molecule has 0 saturated heterocycles. The van der Waals surface area contributed by atoms with E-state index in [9.17, 15) is 5.11 Å². The first kappa shape index (κ1) is 12.5. The lowest BCUT2D eigenvalue weighted by Crippen LogP contribution is -2.34. The highest BCUT2D eigenvalue weighted by Crippen LogP contribution is 2.32. The first-order valence-corrected chi connectivity index (χ1v) is 6.03. The molecule has 2 atom stereocenters. The SMILES string of the molecule is CC(C)=CCCC(C)(O)C1CC=CCC1. The van der Waals surface area contributed by atoms with Gasteiger partial charge in [0.2, 0.25) is 0 Å². The Morgan fingerprint density at radius 2 is 2.20 bits per heavy atom. The van der Waals surface area contributed by atoms with Gasteiger partial charge in [0.1, 0.15) is 0 Å². The maximum atomic E-state index is 10.4. The zero-order chi connectivity index (χ0) is 11.3. The molecule has 1 heteroatoms. The molecule has 0 radical (unpaired) electrons. The van der Waals surface area contributed by atoms with Crippen molar-refractivity contribution < 1.29 is 5.11 Å². The van der Waals surface area contributed by atoms with Crippen molar-refractivity contribution in [2.75, 3.05) is 0 Å². The average molecular weight is 208 g/mol. The van der Waals surface area contributed by atoms with Crippen LogP contribution < -0.4 is 0 Å². The van der Waals surface area contributed by atoms with Crippen LogP contribution in [0.5, 0.6) is 0 Å². The topological polar surface area (TPSA) is 20.2 Å². The lowest BCUT2D eigenvalue weighted by atomic mass is 9.78. The van der Waals surface area contributed by atoms with Gasteiger partial charge in [-0.1, -0.05) is 23.8 Å². The normalized spacial score (nSPS) is 24.7. The van der Waals surface area contributed by atoms with E-state index in [1.807, 2.05) is 6.92 Å². The summed E-state index contributed by atoms with van der Waals surface area (Å²) in [5.74, 6) is 0.452. The van der Waals surface area contributed by atoms with Crippen LogP contribution in [0.2, 0.25) is 0 Å². The van der Waals surface area contributed by atoms with Gasteiger partial charge in [-0.2, -0.15) is 0 Å². The van der Waals surface area contributed by atoms with Crippen molar-refractivity contribution in [1.29, 1.82) is 0 Å². The maximum Gasteiger partial charge on any atom is 0.0653 e. The van der Waals surface area contributed by atoms with E-state index in [1.54, 1.807) is 0 Å². The first-order chi connectivity index (χ1) is 7.02. The molecular formula is C14H24O. The molecule has 0 saturated carbocycles. The highest BCUT2D eigenvalue weighted by molar-refractivity contribution is 4.99. The van der Waals surface area contributed by atoms with Crippen molar-refractivity contribution >= 4 is 0 Å².